The fourth-order valence-corrected chi connectivity index (χ4v) is 5.34. The molecule has 8 heteroatoms. The van der Waals surface area contributed by atoms with Crippen LogP contribution in [0.4, 0.5) is 5.82 Å². The molecule has 0 amide bonds. The van der Waals surface area contributed by atoms with Crippen molar-refractivity contribution >= 4 is 33.3 Å². The molecule has 6 rings (SSSR count). The number of nitriles is 1. The van der Waals surface area contributed by atoms with Crippen LogP contribution in [0.1, 0.15) is 36.2 Å². The number of hydrogen-bond acceptors (Lipinski definition) is 7. The number of aromatic nitrogens is 3. The van der Waals surface area contributed by atoms with Gasteiger partial charge in [-0.3, -0.25) is 9.48 Å². The molecule has 0 saturated carbocycles. The van der Waals surface area contributed by atoms with Gasteiger partial charge in [0, 0.05) is 35.6 Å². The molecule has 1 aliphatic rings. The van der Waals surface area contributed by atoms with Crippen LogP contribution in [0.3, 0.4) is 0 Å². The summed E-state index contributed by atoms with van der Waals surface area (Å²) in [5, 5.41) is 17.5. The Kier molecular flexibility index (Phi) is 6.43. The van der Waals surface area contributed by atoms with Crippen molar-refractivity contribution in [2.45, 2.75) is 32.4 Å². The van der Waals surface area contributed by atoms with Crippen molar-refractivity contribution in [3.05, 3.63) is 83.7 Å². The van der Waals surface area contributed by atoms with Crippen LogP contribution in [0.25, 0.3) is 32.8 Å². The predicted octanol–water partition coefficient (Wildman–Crippen LogP) is 5.38. The second-order valence-electron chi connectivity index (χ2n) is 9.80. The Labute approximate surface area is 225 Å². The Morgan fingerprint density at radius 2 is 2.03 bits per heavy atom. The molecular weight excluding hydrogens is 490 g/mol. The number of nitrogen functional groups attached to an aromatic ring is 1. The molecule has 8 nitrogen and oxygen atoms in total. The van der Waals surface area contributed by atoms with Gasteiger partial charge in [-0.15, -0.1) is 0 Å². The summed E-state index contributed by atoms with van der Waals surface area (Å²) in [6.45, 7) is 3.01. The van der Waals surface area contributed by atoms with E-state index in [0.717, 1.165) is 44.9 Å². The largest absolute Gasteiger partial charge is 0.487 e. The Bertz CT molecular complexity index is 1760. The molecule has 0 radical (unpaired) electrons. The molecule has 2 N–H and O–H groups in total. The van der Waals surface area contributed by atoms with Crippen molar-refractivity contribution in [3.63, 3.8) is 0 Å². The zero-order chi connectivity index (χ0) is 26.9. The van der Waals surface area contributed by atoms with Gasteiger partial charge in [-0.05, 0) is 60.2 Å². The first-order valence-corrected chi connectivity index (χ1v) is 12.9. The zero-order valence-corrected chi connectivity index (χ0v) is 21.6. The highest BCUT2D eigenvalue weighted by atomic mass is 16.5. The summed E-state index contributed by atoms with van der Waals surface area (Å²) < 4.78 is 13.9. The third kappa shape index (κ3) is 4.58. The average Bonchev–Trinajstić information content (AvgIpc) is 3.60. The van der Waals surface area contributed by atoms with Gasteiger partial charge in [0.15, 0.2) is 0 Å². The van der Waals surface area contributed by atoms with E-state index in [2.05, 4.69) is 35.3 Å². The van der Waals surface area contributed by atoms with Crippen LogP contribution in [-0.4, -0.2) is 33.8 Å². The number of Topliss-reactive ketones (excluding diaryl/α,β-unsaturated/α-hetero) is 1. The van der Waals surface area contributed by atoms with Crippen molar-refractivity contribution in [2.75, 3.05) is 18.9 Å². The summed E-state index contributed by atoms with van der Waals surface area (Å²) in [6, 6.07) is 21.9. The van der Waals surface area contributed by atoms with Gasteiger partial charge in [-0.2, -0.15) is 10.4 Å². The number of rotatable bonds is 7. The summed E-state index contributed by atoms with van der Waals surface area (Å²) in [6.07, 6.45) is 2.75. The third-order valence-electron chi connectivity index (χ3n) is 7.23. The molecule has 39 heavy (non-hydrogen) atoms. The van der Waals surface area contributed by atoms with Gasteiger partial charge < -0.3 is 15.2 Å². The normalized spacial score (nSPS) is 15.0. The Morgan fingerprint density at radius 3 is 2.82 bits per heavy atom. The van der Waals surface area contributed by atoms with Gasteiger partial charge in [0.1, 0.15) is 29.7 Å². The van der Waals surface area contributed by atoms with Crippen LogP contribution >= 0.6 is 0 Å². The van der Waals surface area contributed by atoms with Crippen molar-refractivity contribution in [3.8, 4) is 22.9 Å². The second-order valence-corrected chi connectivity index (χ2v) is 9.80. The molecule has 0 spiro atoms. The van der Waals surface area contributed by atoms with Gasteiger partial charge in [-0.1, -0.05) is 30.3 Å². The Balaban J connectivity index is 1.44. The first-order valence-electron chi connectivity index (χ1n) is 12.9. The van der Waals surface area contributed by atoms with E-state index in [9.17, 15) is 10.1 Å². The van der Waals surface area contributed by atoms with E-state index >= 15 is 0 Å². The fraction of sp³-hybridized carbons (Fsp3) is 0.226. The van der Waals surface area contributed by atoms with E-state index < -0.39 is 0 Å². The molecular formula is C31H27N5O3. The number of hydrogen-bond donors (Lipinski definition) is 1. The van der Waals surface area contributed by atoms with Gasteiger partial charge in [0.05, 0.1) is 29.8 Å². The quantitative estimate of drug-likeness (QED) is 0.308. The van der Waals surface area contributed by atoms with Crippen LogP contribution < -0.4 is 10.5 Å². The fourth-order valence-electron chi connectivity index (χ4n) is 5.34. The van der Waals surface area contributed by atoms with Crippen LogP contribution in [0.5, 0.6) is 5.75 Å². The van der Waals surface area contributed by atoms with Crippen LogP contribution in [0, 0.1) is 11.3 Å². The topological polar surface area (TPSA) is 116 Å². The number of nitrogens with zero attached hydrogens (tertiary/aromatic N) is 4. The molecule has 5 aromatic rings. The molecule has 1 fully saturated rings. The van der Waals surface area contributed by atoms with E-state index in [4.69, 9.17) is 20.3 Å². The van der Waals surface area contributed by atoms with E-state index in [1.54, 1.807) is 24.4 Å². The monoisotopic (exact) mass is 517 g/mol. The molecule has 1 aliphatic heterocycles. The summed E-state index contributed by atoms with van der Waals surface area (Å²) in [5.74, 6) is 0.984. The second kappa shape index (κ2) is 10.2. The summed E-state index contributed by atoms with van der Waals surface area (Å²) in [5.41, 5.74) is 11.1. The first-order chi connectivity index (χ1) is 19.0. The molecule has 0 bridgehead atoms. The van der Waals surface area contributed by atoms with Crippen LogP contribution in [-0.2, 0) is 22.6 Å². The predicted molar refractivity (Wildman–Crippen MR) is 149 cm³/mol. The maximum absolute atomic E-state index is 11.9. The molecule has 3 heterocycles. The summed E-state index contributed by atoms with van der Waals surface area (Å²) in [7, 11) is 0. The highest BCUT2D eigenvalue weighted by Gasteiger charge is 2.23. The minimum atomic E-state index is -0.0333. The average molecular weight is 518 g/mol. The highest BCUT2D eigenvalue weighted by Crippen LogP contribution is 2.35. The van der Waals surface area contributed by atoms with E-state index in [-0.39, 0.29) is 24.9 Å². The van der Waals surface area contributed by atoms with Crippen molar-refractivity contribution in [1.82, 2.24) is 14.8 Å². The van der Waals surface area contributed by atoms with E-state index in [1.165, 1.54) is 6.92 Å². The smallest absolute Gasteiger partial charge is 0.134 e. The standard InChI is InChI=1S/C31H27N5O3/c1-19(37)14-26-21(16-32)4-2-7-30(26)39-18-28-27-15-20(8-9-29(27)36(35-28)22-11-13-38-17-22)23-5-3-6-25-24(23)10-12-34-31(25)33/h2-10,12,15,22H,11,13-14,17-18H2,1H3,(H2,33,34). The number of ketones is 1. The van der Waals surface area contributed by atoms with Crippen LogP contribution in [0.15, 0.2) is 66.9 Å². The Hall–Kier alpha value is -4.74. The van der Waals surface area contributed by atoms with Gasteiger partial charge in [-0.25, -0.2) is 4.98 Å². The first kappa shape index (κ1) is 24.6. The lowest BCUT2D eigenvalue weighted by atomic mass is 9.97. The van der Waals surface area contributed by atoms with Gasteiger partial charge >= 0.3 is 0 Å². The number of nitrogens with two attached hydrogens (primary N) is 1. The number of anilines is 1. The van der Waals surface area contributed by atoms with Crippen molar-refractivity contribution < 1.29 is 14.3 Å². The summed E-state index contributed by atoms with van der Waals surface area (Å²) in [4.78, 5) is 16.2. The number of ether oxygens (including phenoxy) is 2. The number of carbonyl (C=O) groups is 1. The number of carbonyl (C=O) groups excluding carboxylic acids is 1. The number of benzene rings is 3. The number of fused-ring (bicyclic) bond motifs is 2. The SMILES string of the molecule is CC(=O)Cc1c(C#N)cccc1OCc1nn(C2CCOC2)c2ccc(-c3cccc4c(N)nccc34)cc12. The van der Waals surface area contributed by atoms with Gasteiger partial charge in [0.25, 0.3) is 0 Å². The maximum atomic E-state index is 11.9. The molecule has 2 aromatic heterocycles. The molecule has 1 unspecified atom stereocenters. The van der Waals surface area contributed by atoms with Crippen molar-refractivity contribution in [1.29, 1.82) is 5.26 Å². The number of pyridine rings is 1. The van der Waals surface area contributed by atoms with Crippen LogP contribution in [0.2, 0.25) is 0 Å². The highest BCUT2D eigenvalue weighted by molar-refractivity contribution is 6.02. The maximum Gasteiger partial charge on any atom is 0.134 e. The minimum absolute atomic E-state index is 0.0333. The lowest BCUT2D eigenvalue weighted by molar-refractivity contribution is -0.116. The molecule has 1 atom stereocenters. The summed E-state index contributed by atoms with van der Waals surface area (Å²) >= 11 is 0. The van der Waals surface area contributed by atoms with E-state index in [0.29, 0.717) is 35.9 Å². The van der Waals surface area contributed by atoms with Gasteiger partial charge in [0.2, 0.25) is 0 Å². The molecule has 1 saturated heterocycles. The molecule has 0 aliphatic carbocycles. The zero-order valence-electron chi connectivity index (χ0n) is 21.6. The minimum Gasteiger partial charge on any atom is -0.487 e. The molecule has 194 valence electrons. The molecule has 3 aromatic carbocycles. The van der Waals surface area contributed by atoms with E-state index in [1.807, 2.05) is 22.9 Å². The third-order valence-corrected chi connectivity index (χ3v) is 7.23. The Morgan fingerprint density at radius 1 is 1.15 bits per heavy atom. The van der Waals surface area contributed by atoms with Crippen molar-refractivity contribution in [2.24, 2.45) is 0 Å². The lowest BCUT2D eigenvalue weighted by Gasteiger charge is -2.12. The lowest BCUT2D eigenvalue weighted by Crippen LogP contribution is -2.11.